The van der Waals surface area contributed by atoms with Gasteiger partial charge in [-0.3, -0.25) is 5.84 Å². The maximum absolute atomic E-state index is 6.17. The zero-order valence-corrected chi connectivity index (χ0v) is 12.1. The summed E-state index contributed by atoms with van der Waals surface area (Å²) in [4.78, 5) is 0. The highest BCUT2D eigenvalue weighted by molar-refractivity contribution is 6.35. The molecule has 0 fully saturated rings. The Balaban J connectivity index is 2.18. The largest absolute Gasteiger partial charge is 0.464 e. The highest BCUT2D eigenvalue weighted by atomic mass is 35.5. The normalized spacial score (nSPS) is 12.6. The standard InChI is InChI=1S/C14H16Cl2N2O/c1-2-11-5-6-14(19-11)13(18-17)7-9-3-4-10(15)8-12(9)16/h3-6,8,13,18H,2,7,17H2,1H3. The summed E-state index contributed by atoms with van der Waals surface area (Å²) < 4.78 is 5.71. The van der Waals surface area contributed by atoms with Crippen molar-refractivity contribution in [3.63, 3.8) is 0 Å². The van der Waals surface area contributed by atoms with Gasteiger partial charge < -0.3 is 4.42 Å². The van der Waals surface area contributed by atoms with Crippen molar-refractivity contribution in [2.45, 2.75) is 25.8 Å². The number of nitrogens with two attached hydrogens (primary N) is 1. The Bertz CT molecular complexity index is 554. The second kappa shape index (κ2) is 6.44. The van der Waals surface area contributed by atoms with Gasteiger partial charge in [0.05, 0.1) is 6.04 Å². The summed E-state index contributed by atoms with van der Waals surface area (Å²) in [6, 6.07) is 9.23. The minimum Gasteiger partial charge on any atom is -0.464 e. The fourth-order valence-corrected chi connectivity index (χ4v) is 2.41. The Morgan fingerprint density at radius 1 is 1.26 bits per heavy atom. The van der Waals surface area contributed by atoms with Crippen molar-refractivity contribution in [3.05, 3.63) is 57.5 Å². The van der Waals surface area contributed by atoms with Crippen LogP contribution in [0.5, 0.6) is 0 Å². The fraction of sp³-hybridized carbons (Fsp3) is 0.286. The molecule has 0 aliphatic heterocycles. The molecule has 3 N–H and O–H groups in total. The number of nitrogens with one attached hydrogen (secondary N) is 1. The highest BCUT2D eigenvalue weighted by Crippen LogP contribution is 2.26. The SMILES string of the molecule is CCc1ccc(C(Cc2ccc(Cl)cc2Cl)NN)o1. The van der Waals surface area contributed by atoms with Gasteiger partial charge in [0.25, 0.3) is 0 Å². The van der Waals surface area contributed by atoms with E-state index in [0.717, 1.165) is 23.5 Å². The molecule has 0 aliphatic carbocycles. The molecule has 0 aliphatic rings. The average molecular weight is 299 g/mol. The van der Waals surface area contributed by atoms with E-state index in [1.165, 1.54) is 0 Å². The number of hydrazine groups is 1. The van der Waals surface area contributed by atoms with Crippen LogP contribution in [0.4, 0.5) is 0 Å². The zero-order valence-electron chi connectivity index (χ0n) is 10.6. The Labute approximate surface area is 122 Å². The molecule has 19 heavy (non-hydrogen) atoms. The molecule has 3 nitrogen and oxygen atoms in total. The molecule has 1 aromatic carbocycles. The number of furan rings is 1. The number of benzene rings is 1. The van der Waals surface area contributed by atoms with Crippen molar-refractivity contribution >= 4 is 23.2 Å². The van der Waals surface area contributed by atoms with Crippen LogP contribution in [0.3, 0.4) is 0 Å². The van der Waals surface area contributed by atoms with Crippen LogP contribution in [-0.4, -0.2) is 0 Å². The van der Waals surface area contributed by atoms with Crippen molar-refractivity contribution in [2.75, 3.05) is 0 Å². The van der Waals surface area contributed by atoms with Crippen LogP contribution in [0, 0.1) is 0 Å². The molecule has 1 unspecified atom stereocenters. The quantitative estimate of drug-likeness (QED) is 0.650. The molecule has 2 rings (SSSR count). The van der Waals surface area contributed by atoms with Crippen molar-refractivity contribution in [1.82, 2.24) is 5.43 Å². The Kier molecular flexibility index (Phi) is 4.88. The first-order valence-corrected chi connectivity index (χ1v) is 6.88. The number of hydrogen-bond acceptors (Lipinski definition) is 3. The number of rotatable bonds is 5. The lowest BCUT2D eigenvalue weighted by molar-refractivity contribution is 0.396. The van der Waals surface area contributed by atoms with E-state index in [-0.39, 0.29) is 6.04 Å². The highest BCUT2D eigenvalue weighted by Gasteiger charge is 2.16. The van der Waals surface area contributed by atoms with Gasteiger partial charge in [0, 0.05) is 16.5 Å². The number of halogens is 2. The van der Waals surface area contributed by atoms with Crippen LogP contribution >= 0.6 is 23.2 Å². The van der Waals surface area contributed by atoms with Gasteiger partial charge in [-0.1, -0.05) is 36.2 Å². The molecule has 0 radical (unpaired) electrons. The predicted octanol–water partition coefficient (Wildman–Crippen LogP) is 3.90. The topological polar surface area (TPSA) is 51.2 Å². The summed E-state index contributed by atoms with van der Waals surface area (Å²) in [5.41, 5.74) is 3.74. The fourth-order valence-electron chi connectivity index (χ4n) is 1.92. The van der Waals surface area contributed by atoms with Crippen LogP contribution in [0.1, 0.15) is 30.0 Å². The summed E-state index contributed by atoms with van der Waals surface area (Å²) in [5, 5.41) is 1.26. The molecule has 0 amide bonds. The summed E-state index contributed by atoms with van der Waals surface area (Å²) in [5.74, 6) is 7.36. The van der Waals surface area contributed by atoms with Gasteiger partial charge in [-0.2, -0.15) is 0 Å². The van der Waals surface area contributed by atoms with E-state index in [9.17, 15) is 0 Å². The van der Waals surface area contributed by atoms with Gasteiger partial charge in [-0.05, 0) is 36.2 Å². The molecule has 1 atom stereocenters. The molecule has 2 aromatic rings. The molecular weight excluding hydrogens is 283 g/mol. The number of hydrogen-bond donors (Lipinski definition) is 2. The van der Waals surface area contributed by atoms with Crippen molar-refractivity contribution in [3.8, 4) is 0 Å². The van der Waals surface area contributed by atoms with Crippen molar-refractivity contribution in [1.29, 1.82) is 0 Å². The van der Waals surface area contributed by atoms with Gasteiger partial charge in [0.1, 0.15) is 11.5 Å². The molecule has 0 saturated carbocycles. The second-order valence-electron chi connectivity index (χ2n) is 4.32. The second-order valence-corrected chi connectivity index (χ2v) is 5.16. The third-order valence-electron chi connectivity index (χ3n) is 3.01. The van der Waals surface area contributed by atoms with E-state index in [0.29, 0.717) is 16.5 Å². The number of aryl methyl sites for hydroxylation is 1. The van der Waals surface area contributed by atoms with E-state index < -0.39 is 0 Å². The molecule has 5 heteroatoms. The zero-order chi connectivity index (χ0) is 13.8. The lowest BCUT2D eigenvalue weighted by atomic mass is 10.0. The first kappa shape index (κ1) is 14.4. The molecule has 1 aromatic heterocycles. The molecule has 1 heterocycles. The van der Waals surface area contributed by atoms with E-state index in [4.69, 9.17) is 33.5 Å². The van der Waals surface area contributed by atoms with Gasteiger partial charge in [-0.25, -0.2) is 5.43 Å². The summed E-state index contributed by atoms with van der Waals surface area (Å²) in [6.07, 6.45) is 1.50. The van der Waals surface area contributed by atoms with E-state index in [1.807, 2.05) is 31.2 Å². The van der Waals surface area contributed by atoms with Crippen LogP contribution in [-0.2, 0) is 12.8 Å². The van der Waals surface area contributed by atoms with Crippen LogP contribution in [0.15, 0.2) is 34.7 Å². The monoisotopic (exact) mass is 298 g/mol. The van der Waals surface area contributed by atoms with Gasteiger partial charge in [0.15, 0.2) is 0 Å². The maximum Gasteiger partial charge on any atom is 0.122 e. The minimum atomic E-state index is -0.112. The van der Waals surface area contributed by atoms with Gasteiger partial charge >= 0.3 is 0 Å². The Morgan fingerprint density at radius 2 is 2.05 bits per heavy atom. The van der Waals surface area contributed by atoms with Crippen LogP contribution in [0.25, 0.3) is 0 Å². The first-order chi connectivity index (χ1) is 9.13. The van der Waals surface area contributed by atoms with E-state index in [2.05, 4.69) is 5.43 Å². The van der Waals surface area contributed by atoms with Crippen LogP contribution in [0.2, 0.25) is 10.0 Å². The maximum atomic E-state index is 6.17. The van der Waals surface area contributed by atoms with Gasteiger partial charge in [-0.15, -0.1) is 0 Å². The van der Waals surface area contributed by atoms with E-state index in [1.54, 1.807) is 6.07 Å². The predicted molar refractivity (Wildman–Crippen MR) is 78.3 cm³/mol. The molecule has 0 saturated heterocycles. The first-order valence-electron chi connectivity index (χ1n) is 6.12. The Morgan fingerprint density at radius 3 is 2.63 bits per heavy atom. The van der Waals surface area contributed by atoms with Crippen molar-refractivity contribution in [2.24, 2.45) is 5.84 Å². The van der Waals surface area contributed by atoms with Crippen LogP contribution < -0.4 is 11.3 Å². The lowest BCUT2D eigenvalue weighted by Crippen LogP contribution is -2.29. The molecule has 102 valence electrons. The lowest BCUT2D eigenvalue weighted by Gasteiger charge is -2.14. The molecule has 0 bridgehead atoms. The summed E-state index contributed by atoms with van der Waals surface area (Å²) in [6.45, 7) is 2.05. The minimum absolute atomic E-state index is 0.112. The summed E-state index contributed by atoms with van der Waals surface area (Å²) in [7, 11) is 0. The third kappa shape index (κ3) is 3.51. The molecular formula is C14H16Cl2N2O. The molecule has 0 spiro atoms. The van der Waals surface area contributed by atoms with E-state index >= 15 is 0 Å². The van der Waals surface area contributed by atoms with Crippen molar-refractivity contribution < 1.29 is 4.42 Å². The third-order valence-corrected chi connectivity index (χ3v) is 3.60. The smallest absolute Gasteiger partial charge is 0.122 e. The Hall–Kier alpha value is -1.00. The summed E-state index contributed by atoms with van der Waals surface area (Å²) >= 11 is 12.1. The van der Waals surface area contributed by atoms with Gasteiger partial charge in [0.2, 0.25) is 0 Å². The average Bonchev–Trinajstić information content (AvgIpc) is 2.86.